The summed E-state index contributed by atoms with van der Waals surface area (Å²) in [6.45, 7) is 2.65. The van der Waals surface area contributed by atoms with Gasteiger partial charge in [0.2, 0.25) is 0 Å². The van der Waals surface area contributed by atoms with Crippen molar-refractivity contribution in [2.75, 3.05) is 6.54 Å². The summed E-state index contributed by atoms with van der Waals surface area (Å²) in [5.41, 5.74) is 7.66. The van der Waals surface area contributed by atoms with Crippen LogP contribution in [0.15, 0.2) is 18.2 Å². The SMILES string of the molecule is Cc1cc(F)cc([C@@H]2C[C@H]2CN)c1. The second kappa shape index (κ2) is 3.11. The molecule has 0 radical (unpaired) electrons. The van der Waals surface area contributed by atoms with Crippen LogP contribution in [0.2, 0.25) is 0 Å². The second-order valence-corrected chi connectivity index (χ2v) is 3.90. The summed E-state index contributed by atoms with van der Waals surface area (Å²) < 4.78 is 13.0. The Labute approximate surface area is 77.8 Å². The summed E-state index contributed by atoms with van der Waals surface area (Å²) in [7, 11) is 0. The number of rotatable bonds is 2. The smallest absolute Gasteiger partial charge is 0.123 e. The highest BCUT2D eigenvalue weighted by Crippen LogP contribution is 2.46. The van der Waals surface area contributed by atoms with Gasteiger partial charge in [-0.15, -0.1) is 0 Å². The maximum atomic E-state index is 13.0. The van der Waals surface area contributed by atoms with Gasteiger partial charge in [0.25, 0.3) is 0 Å². The molecule has 2 atom stereocenters. The van der Waals surface area contributed by atoms with Crippen molar-refractivity contribution < 1.29 is 4.39 Å². The van der Waals surface area contributed by atoms with Gasteiger partial charge in [-0.25, -0.2) is 4.39 Å². The third kappa shape index (κ3) is 1.73. The van der Waals surface area contributed by atoms with Crippen LogP contribution in [0.3, 0.4) is 0 Å². The average Bonchev–Trinajstić information content (AvgIpc) is 2.80. The Morgan fingerprint density at radius 2 is 2.23 bits per heavy atom. The molecule has 0 heterocycles. The molecule has 1 saturated carbocycles. The molecule has 0 unspecified atom stereocenters. The van der Waals surface area contributed by atoms with E-state index in [4.69, 9.17) is 5.73 Å². The van der Waals surface area contributed by atoms with Crippen molar-refractivity contribution in [1.82, 2.24) is 0 Å². The Morgan fingerprint density at radius 3 is 2.77 bits per heavy atom. The number of aryl methyl sites for hydroxylation is 1. The van der Waals surface area contributed by atoms with Gasteiger partial charge in [-0.2, -0.15) is 0 Å². The predicted molar refractivity (Wildman–Crippen MR) is 51.0 cm³/mol. The molecule has 0 aliphatic heterocycles. The van der Waals surface area contributed by atoms with Gasteiger partial charge in [0.1, 0.15) is 5.82 Å². The normalized spacial score (nSPS) is 26.1. The van der Waals surface area contributed by atoms with E-state index in [1.165, 1.54) is 0 Å². The summed E-state index contributed by atoms with van der Waals surface area (Å²) in [5, 5.41) is 0. The largest absolute Gasteiger partial charge is 0.330 e. The van der Waals surface area contributed by atoms with Gasteiger partial charge in [0.15, 0.2) is 0 Å². The molecule has 0 spiro atoms. The summed E-state index contributed by atoms with van der Waals surface area (Å²) in [5.74, 6) is 0.971. The first-order chi connectivity index (χ1) is 6.20. The van der Waals surface area contributed by atoms with Gasteiger partial charge < -0.3 is 5.73 Å². The van der Waals surface area contributed by atoms with Gasteiger partial charge >= 0.3 is 0 Å². The summed E-state index contributed by atoms with van der Waals surface area (Å²) in [6, 6.07) is 5.25. The van der Waals surface area contributed by atoms with Crippen LogP contribution in [0.25, 0.3) is 0 Å². The Balaban J connectivity index is 2.22. The van der Waals surface area contributed by atoms with Crippen molar-refractivity contribution in [2.24, 2.45) is 11.7 Å². The summed E-state index contributed by atoms with van der Waals surface area (Å²) in [4.78, 5) is 0. The van der Waals surface area contributed by atoms with E-state index in [0.717, 1.165) is 24.1 Å². The molecule has 1 aromatic carbocycles. The molecule has 2 N–H and O–H groups in total. The van der Waals surface area contributed by atoms with Gasteiger partial charge in [-0.3, -0.25) is 0 Å². The number of benzene rings is 1. The minimum atomic E-state index is -0.127. The lowest BCUT2D eigenvalue weighted by Crippen LogP contribution is -2.02. The molecule has 2 heteroatoms. The fraction of sp³-hybridized carbons (Fsp3) is 0.455. The van der Waals surface area contributed by atoms with Gasteiger partial charge in [-0.05, 0) is 55.0 Å². The van der Waals surface area contributed by atoms with Gasteiger partial charge in [-0.1, -0.05) is 6.07 Å². The first kappa shape index (κ1) is 8.70. The van der Waals surface area contributed by atoms with Crippen molar-refractivity contribution in [3.63, 3.8) is 0 Å². The molecule has 2 rings (SSSR count). The fourth-order valence-electron chi connectivity index (χ4n) is 1.90. The second-order valence-electron chi connectivity index (χ2n) is 3.90. The van der Waals surface area contributed by atoms with Crippen molar-refractivity contribution in [3.05, 3.63) is 35.1 Å². The third-order valence-corrected chi connectivity index (χ3v) is 2.72. The van der Waals surface area contributed by atoms with Crippen LogP contribution in [0.4, 0.5) is 4.39 Å². The number of hydrogen-bond donors (Lipinski definition) is 1. The van der Waals surface area contributed by atoms with Gasteiger partial charge in [0.05, 0.1) is 0 Å². The first-order valence-corrected chi connectivity index (χ1v) is 4.68. The molecule has 1 fully saturated rings. The molecule has 0 aromatic heterocycles. The maximum absolute atomic E-state index is 13.0. The zero-order valence-electron chi connectivity index (χ0n) is 7.76. The Hall–Kier alpha value is -0.890. The van der Waals surface area contributed by atoms with E-state index in [1.54, 1.807) is 12.1 Å². The lowest BCUT2D eigenvalue weighted by molar-refractivity contribution is 0.623. The number of halogens is 1. The molecule has 0 saturated heterocycles. The molecule has 70 valence electrons. The molecule has 1 nitrogen and oxygen atoms in total. The van der Waals surface area contributed by atoms with Crippen LogP contribution in [0.5, 0.6) is 0 Å². The van der Waals surface area contributed by atoms with Crippen molar-refractivity contribution in [3.8, 4) is 0 Å². The summed E-state index contributed by atoms with van der Waals surface area (Å²) >= 11 is 0. The zero-order chi connectivity index (χ0) is 9.42. The first-order valence-electron chi connectivity index (χ1n) is 4.68. The molecule has 1 aromatic rings. The van der Waals surface area contributed by atoms with E-state index in [0.29, 0.717) is 11.8 Å². The molecular formula is C11H14FN. The third-order valence-electron chi connectivity index (χ3n) is 2.72. The molecule has 1 aliphatic carbocycles. The molecule has 1 aliphatic rings. The van der Waals surface area contributed by atoms with E-state index in [9.17, 15) is 4.39 Å². The van der Waals surface area contributed by atoms with Crippen LogP contribution in [0, 0.1) is 18.7 Å². The summed E-state index contributed by atoms with van der Waals surface area (Å²) in [6.07, 6.45) is 1.12. The van der Waals surface area contributed by atoms with E-state index in [-0.39, 0.29) is 5.82 Å². The van der Waals surface area contributed by atoms with Crippen molar-refractivity contribution >= 4 is 0 Å². The lowest BCUT2D eigenvalue weighted by Gasteiger charge is -2.01. The topological polar surface area (TPSA) is 26.0 Å². The highest BCUT2D eigenvalue weighted by atomic mass is 19.1. The van der Waals surface area contributed by atoms with Crippen LogP contribution >= 0.6 is 0 Å². The number of hydrogen-bond acceptors (Lipinski definition) is 1. The van der Waals surface area contributed by atoms with E-state index in [1.807, 2.05) is 6.92 Å². The fourth-order valence-corrected chi connectivity index (χ4v) is 1.90. The van der Waals surface area contributed by atoms with Crippen molar-refractivity contribution in [1.29, 1.82) is 0 Å². The number of nitrogens with two attached hydrogens (primary N) is 1. The van der Waals surface area contributed by atoms with Crippen LogP contribution in [0.1, 0.15) is 23.5 Å². The minimum absolute atomic E-state index is 0.127. The van der Waals surface area contributed by atoms with Gasteiger partial charge in [0, 0.05) is 0 Å². The average molecular weight is 179 g/mol. The standard InChI is InChI=1S/C11H14FN/c1-7-2-8(4-10(12)3-7)11-5-9(11)6-13/h2-4,9,11H,5-6,13H2,1H3/t9-,11-/m0/s1. The van der Waals surface area contributed by atoms with E-state index < -0.39 is 0 Å². The Bertz CT molecular complexity index is 302. The van der Waals surface area contributed by atoms with E-state index in [2.05, 4.69) is 6.07 Å². The monoisotopic (exact) mass is 179 g/mol. The Morgan fingerprint density at radius 1 is 1.46 bits per heavy atom. The minimum Gasteiger partial charge on any atom is -0.330 e. The van der Waals surface area contributed by atoms with E-state index >= 15 is 0 Å². The highest BCUT2D eigenvalue weighted by molar-refractivity contribution is 5.30. The quantitative estimate of drug-likeness (QED) is 0.740. The predicted octanol–water partition coefficient (Wildman–Crippen LogP) is 2.20. The van der Waals surface area contributed by atoms with Crippen molar-refractivity contribution in [2.45, 2.75) is 19.3 Å². The molecule has 0 bridgehead atoms. The van der Waals surface area contributed by atoms with Crippen LogP contribution < -0.4 is 5.73 Å². The molecule has 13 heavy (non-hydrogen) atoms. The van der Waals surface area contributed by atoms with Crippen LogP contribution in [-0.2, 0) is 0 Å². The van der Waals surface area contributed by atoms with Crippen LogP contribution in [-0.4, -0.2) is 6.54 Å². The zero-order valence-corrected chi connectivity index (χ0v) is 7.76. The molecular weight excluding hydrogens is 165 g/mol. The lowest BCUT2D eigenvalue weighted by atomic mass is 10.1. The molecule has 0 amide bonds. The maximum Gasteiger partial charge on any atom is 0.123 e. The highest BCUT2D eigenvalue weighted by Gasteiger charge is 2.37. The Kier molecular flexibility index (Phi) is 2.08.